The number of nitrogens with zero attached hydrogens (tertiary/aromatic N) is 3. The predicted molar refractivity (Wildman–Crippen MR) is 126 cm³/mol. The topological polar surface area (TPSA) is 90.0 Å². The minimum atomic E-state index is -0.298. The van der Waals surface area contributed by atoms with Crippen LogP contribution in [0, 0.1) is 20.8 Å². The highest BCUT2D eigenvalue weighted by Gasteiger charge is 2.14. The zero-order chi connectivity index (χ0) is 22.8. The van der Waals surface area contributed by atoms with Crippen LogP contribution in [-0.2, 0) is 11.3 Å². The van der Waals surface area contributed by atoms with E-state index in [4.69, 9.17) is 4.52 Å². The lowest BCUT2D eigenvalue weighted by Gasteiger charge is -2.13. The van der Waals surface area contributed by atoms with Crippen LogP contribution >= 0.6 is 15.9 Å². The zero-order valence-electron chi connectivity index (χ0n) is 17.8. The number of halogens is 1. The number of benzene rings is 2. The lowest BCUT2D eigenvalue weighted by molar-refractivity contribution is -0.116. The molecule has 0 aliphatic carbocycles. The average Bonchev–Trinajstić information content (AvgIpc) is 3.23. The van der Waals surface area contributed by atoms with Crippen LogP contribution in [0.5, 0.6) is 0 Å². The van der Waals surface area contributed by atoms with E-state index < -0.39 is 0 Å². The van der Waals surface area contributed by atoms with Gasteiger partial charge in [-0.15, -0.1) is 0 Å². The van der Waals surface area contributed by atoms with Gasteiger partial charge in [-0.2, -0.15) is 4.98 Å². The van der Waals surface area contributed by atoms with Gasteiger partial charge in [0, 0.05) is 28.0 Å². The molecule has 0 unspecified atom stereocenters. The number of pyridine rings is 1. The Bertz CT molecular complexity index is 1350. The Kier molecular flexibility index (Phi) is 6.05. The molecule has 1 amide bonds. The molecule has 0 fully saturated rings. The van der Waals surface area contributed by atoms with Crippen LogP contribution in [-0.4, -0.2) is 20.6 Å². The predicted octanol–water partition coefficient (Wildman–Crippen LogP) is 4.89. The van der Waals surface area contributed by atoms with Crippen molar-refractivity contribution in [3.63, 3.8) is 0 Å². The molecule has 0 atom stereocenters. The molecule has 32 heavy (non-hydrogen) atoms. The molecule has 1 N–H and O–H groups in total. The van der Waals surface area contributed by atoms with Crippen molar-refractivity contribution >= 4 is 27.5 Å². The highest BCUT2D eigenvalue weighted by atomic mass is 79.9. The van der Waals surface area contributed by atoms with Crippen LogP contribution in [0.25, 0.3) is 22.8 Å². The van der Waals surface area contributed by atoms with Gasteiger partial charge in [0.25, 0.3) is 11.4 Å². The van der Waals surface area contributed by atoms with Crippen molar-refractivity contribution in [1.82, 2.24) is 14.7 Å². The SMILES string of the molecule is Cc1cc(C)c(NC(=O)Cn2cc(-c3nc(-c4cccc(Br)c4)no3)ccc2=O)c(C)c1. The van der Waals surface area contributed by atoms with E-state index in [0.717, 1.165) is 32.4 Å². The first-order valence-corrected chi connectivity index (χ1v) is 10.8. The summed E-state index contributed by atoms with van der Waals surface area (Å²) in [4.78, 5) is 29.4. The van der Waals surface area contributed by atoms with E-state index in [9.17, 15) is 9.59 Å². The molecular formula is C24H21BrN4O3. The van der Waals surface area contributed by atoms with Crippen molar-refractivity contribution < 1.29 is 9.32 Å². The van der Waals surface area contributed by atoms with E-state index in [1.807, 2.05) is 57.2 Å². The van der Waals surface area contributed by atoms with Gasteiger partial charge in [-0.25, -0.2) is 0 Å². The number of hydrogen-bond acceptors (Lipinski definition) is 5. The maximum Gasteiger partial charge on any atom is 0.259 e. The molecule has 4 rings (SSSR count). The Morgan fingerprint density at radius 1 is 1.06 bits per heavy atom. The van der Waals surface area contributed by atoms with E-state index in [-0.39, 0.29) is 23.9 Å². The summed E-state index contributed by atoms with van der Waals surface area (Å²) in [5, 5.41) is 6.94. The fourth-order valence-electron chi connectivity index (χ4n) is 3.58. The molecule has 0 aliphatic heterocycles. The smallest absolute Gasteiger partial charge is 0.259 e. The number of carbonyl (C=O) groups is 1. The molecule has 2 heterocycles. The van der Waals surface area contributed by atoms with Gasteiger partial charge in [0.2, 0.25) is 11.7 Å². The summed E-state index contributed by atoms with van der Waals surface area (Å²) in [6, 6.07) is 14.5. The normalized spacial score (nSPS) is 10.9. The molecule has 0 radical (unpaired) electrons. The Labute approximate surface area is 193 Å². The van der Waals surface area contributed by atoms with Gasteiger partial charge in [0.15, 0.2) is 0 Å². The Balaban J connectivity index is 1.56. The average molecular weight is 493 g/mol. The lowest BCUT2D eigenvalue weighted by atomic mass is 10.1. The molecule has 0 saturated heterocycles. The van der Waals surface area contributed by atoms with Crippen LogP contribution in [0.3, 0.4) is 0 Å². The first-order valence-electron chi connectivity index (χ1n) is 9.98. The number of rotatable bonds is 5. The molecule has 0 spiro atoms. The summed E-state index contributed by atoms with van der Waals surface area (Å²) < 4.78 is 7.62. The van der Waals surface area contributed by atoms with E-state index in [0.29, 0.717) is 11.4 Å². The van der Waals surface area contributed by atoms with E-state index in [1.165, 1.54) is 10.6 Å². The van der Waals surface area contributed by atoms with Gasteiger partial charge >= 0.3 is 0 Å². The van der Waals surface area contributed by atoms with Crippen LogP contribution in [0.2, 0.25) is 0 Å². The highest BCUT2D eigenvalue weighted by Crippen LogP contribution is 2.24. The molecular weight excluding hydrogens is 472 g/mol. The molecule has 0 bridgehead atoms. The van der Waals surface area contributed by atoms with E-state index in [1.54, 1.807) is 12.3 Å². The third kappa shape index (κ3) is 4.70. The Morgan fingerprint density at radius 3 is 2.53 bits per heavy atom. The number of aromatic nitrogens is 3. The minimum absolute atomic E-state index is 0.133. The first kappa shape index (κ1) is 21.7. The molecule has 2 aromatic carbocycles. The van der Waals surface area contributed by atoms with Crippen molar-refractivity contribution in [2.45, 2.75) is 27.3 Å². The van der Waals surface area contributed by atoms with Crippen molar-refractivity contribution in [2.75, 3.05) is 5.32 Å². The van der Waals surface area contributed by atoms with Crippen LogP contribution in [0.1, 0.15) is 16.7 Å². The lowest BCUT2D eigenvalue weighted by Crippen LogP contribution is -2.27. The van der Waals surface area contributed by atoms with Crippen molar-refractivity contribution in [1.29, 1.82) is 0 Å². The number of nitrogens with one attached hydrogen (secondary N) is 1. The van der Waals surface area contributed by atoms with Gasteiger partial charge in [0.05, 0.1) is 5.56 Å². The summed E-state index contributed by atoms with van der Waals surface area (Å²) in [5.41, 5.74) is 4.89. The molecule has 162 valence electrons. The van der Waals surface area contributed by atoms with E-state index >= 15 is 0 Å². The number of hydrogen-bond donors (Lipinski definition) is 1. The third-order valence-electron chi connectivity index (χ3n) is 4.99. The van der Waals surface area contributed by atoms with E-state index in [2.05, 4.69) is 31.4 Å². The maximum absolute atomic E-state index is 12.7. The molecule has 8 heteroatoms. The maximum atomic E-state index is 12.7. The summed E-state index contributed by atoms with van der Waals surface area (Å²) >= 11 is 3.43. The minimum Gasteiger partial charge on any atom is -0.334 e. The van der Waals surface area contributed by atoms with Crippen LogP contribution < -0.4 is 10.9 Å². The van der Waals surface area contributed by atoms with Gasteiger partial charge in [0.1, 0.15) is 6.54 Å². The summed E-state index contributed by atoms with van der Waals surface area (Å²) in [7, 11) is 0. The summed E-state index contributed by atoms with van der Waals surface area (Å²) in [6.45, 7) is 5.77. The Morgan fingerprint density at radius 2 is 1.81 bits per heavy atom. The Hall–Kier alpha value is -3.52. The van der Waals surface area contributed by atoms with Gasteiger partial charge in [-0.05, 0) is 50.1 Å². The molecule has 0 aliphatic rings. The second-order valence-corrected chi connectivity index (χ2v) is 8.55. The largest absolute Gasteiger partial charge is 0.334 e. The van der Waals surface area contributed by atoms with Crippen molar-refractivity contribution in [3.8, 4) is 22.8 Å². The molecule has 0 saturated carbocycles. The highest BCUT2D eigenvalue weighted by molar-refractivity contribution is 9.10. The number of amides is 1. The molecule has 2 aromatic heterocycles. The molecule has 4 aromatic rings. The van der Waals surface area contributed by atoms with Crippen LogP contribution in [0.4, 0.5) is 5.69 Å². The van der Waals surface area contributed by atoms with Gasteiger partial charge in [-0.3, -0.25) is 9.59 Å². The first-order chi connectivity index (χ1) is 15.3. The van der Waals surface area contributed by atoms with Crippen LogP contribution in [0.15, 0.2) is 68.5 Å². The number of carbonyl (C=O) groups excluding carboxylic acids is 1. The van der Waals surface area contributed by atoms with Crippen molar-refractivity contribution in [3.05, 3.63) is 86.2 Å². The van der Waals surface area contributed by atoms with Gasteiger partial charge in [-0.1, -0.05) is 50.9 Å². The number of aryl methyl sites for hydroxylation is 3. The standard InChI is InChI=1S/C24H21BrN4O3/c1-14-9-15(2)22(16(3)10-14)26-20(30)13-29-12-18(7-8-21(29)31)24-27-23(28-32-24)17-5-4-6-19(25)11-17/h4-12H,13H2,1-3H3,(H,26,30). The fourth-order valence-corrected chi connectivity index (χ4v) is 3.98. The number of anilines is 1. The summed E-state index contributed by atoms with van der Waals surface area (Å²) in [5.74, 6) is 0.404. The second-order valence-electron chi connectivity index (χ2n) is 7.64. The zero-order valence-corrected chi connectivity index (χ0v) is 19.4. The van der Waals surface area contributed by atoms with Crippen molar-refractivity contribution in [2.24, 2.45) is 0 Å². The summed E-state index contributed by atoms with van der Waals surface area (Å²) in [6.07, 6.45) is 1.55. The fraction of sp³-hybridized carbons (Fsp3) is 0.167. The third-order valence-corrected chi connectivity index (χ3v) is 5.49. The molecule has 7 nitrogen and oxygen atoms in total. The quantitative estimate of drug-likeness (QED) is 0.428. The van der Waals surface area contributed by atoms with Gasteiger partial charge < -0.3 is 14.4 Å². The monoisotopic (exact) mass is 492 g/mol. The second kappa shape index (κ2) is 8.92.